The Hall–Kier alpha value is -3.06. The van der Waals surface area contributed by atoms with Gasteiger partial charge in [0.15, 0.2) is 0 Å². The molecule has 0 spiro atoms. The number of benzene rings is 2. The molecule has 2 amide bonds. The van der Waals surface area contributed by atoms with Crippen LogP contribution in [0.2, 0.25) is 0 Å². The van der Waals surface area contributed by atoms with Crippen molar-refractivity contribution in [3.8, 4) is 10.6 Å². The van der Waals surface area contributed by atoms with Crippen molar-refractivity contribution in [2.45, 2.75) is 20.8 Å². The first kappa shape index (κ1) is 21.2. The second-order valence-corrected chi connectivity index (χ2v) is 8.82. The number of amides is 2. The van der Waals surface area contributed by atoms with Gasteiger partial charge in [-0.1, -0.05) is 35.9 Å². The minimum atomic E-state index is -0.523. The van der Waals surface area contributed by atoms with Crippen molar-refractivity contribution in [1.82, 2.24) is 14.8 Å². The van der Waals surface area contributed by atoms with Crippen molar-refractivity contribution in [3.63, 3.8) is 0 Å². The van der Waals surface area contributed by atoms with Gasteiger partial charge in [-0.05, 0) is 38.5 Å². The second-order valence-electron chi connectivity index (χ2n) is 7.82. The number of carbonyl (C=O) groups is 2. The first-order chi connectivity index (χ1) is 14.8. The number of aromatic nitrogens is 1. The number of halogens is 1. The smallest absolute Gasteiger partial charge is 0.265 e. The summed E-state index contributed by atoms with van der Waals surface area (Å²) >= 11 is 1.41. The van der Waals surface area contributed by atoms with Crippen molar-refractivity contribution in [1.29, 1.82) is 0 Å². The number of aryl methyl sites for hydroxylation is 3. The zero-order valence-electron chi connectivity index (χ0n) is 17.8. The predicted molar refractivity (Wildman–Crippen MR) is 120 cm³/mol. The maximum atomic E-state index is 13.9. The van der Waals surface area contributed by atoms with Gasteiger partial charge in [-0.25, -0.2) is 9.37 Å². The summed E-state index contributed by atoms with van der Waals surface area (Å²) in [6.45, 7) is 7.53. The van der Waals surface area contributed by atoms with Crippen LogP contribution in [-0.4, -0.2) is 52.8 Å². The predicted octanol–water partition coefficient (Wildman–Crippen LogP) is 4.47. The zero-order chi connectivity index (χ0) is 22.1. The van der Waals surface area contributed by atoms with Crippen LogP contribution in [0, 0.1) is 26.6 Å². The molecule has 1 aliphatic heterocycles. The van der Waals surface area contributed by atoms with E-state index in [1.807, 2.05) is 26.0 Å². The van der Waals surface area contributed by atoms with E-state index in [1.165, 1.54) is 29.0 Å². The first-order valence-electron chi connectivity index (χ1n) is 10.2. The van der Waals surface area contributed by atoms with Crippen molar-refractivity contribution in [2.75, 3.05) is 26.2 Å². The number of piperazine rings is 1. The Morgan fingerprint density at radius 3 is 2.23 bits per heavy atom. The van der Waals surface area contributed by atoms with E-state index < -0.39 is 5.82 Å². The lowest BCUT2D eigenvalue weighted by Crippen LogP contribution is -2.50. The molecular weight excluding hydrogens is 413 g/mol. The Labute approximate surface area is 185 Å². The molecule has 5 nitrogen and oxygen atoms in total. The summed E-state index contributed by atoms with van der Waals surface area (Å²) in [5, 5.41) is 0.840. The SMILES string of the molecule is Cc1ccc(-c2nc(C)c(C(=O)N3CCN(C(=O)c4ccccc4F)CC3)s2)c(C)c1. The van der Waals surface area contributed by atoms with E-state index in [0.717, 1.165) is 21.8 Å². The van der Waals surface area contributed by atoms with Crippen molar-refractivity contribution >= 4 is 23.2 Å². The molecule has 31 heavy (non-hydrogen) atoms. The summed E-state index contributed by atoms with van der Waals surface area (Å²) in [5.41, 5.74) is 4.15. The van der Waals surface area contributed by atoms with Gasteiger partial charge in [0, 0.05) is 31.7 Å². The molecule has 2 heterocycles. The summed E-state index contributed by atoms with van der Waals surface area (Å²) < 4.78 is 13.9. The maximum Gasteiger partial charge on any atom is 0.265 e. The average Bonchev–Trinajstić information content (AvgIpc) is 3.14. The summed E-state index contributed by atoms with van der Waals surface area (Å²) in [7, 11) is 0. The highest BCUT2D eigenvalue weighted by Gasteiger charge is 2.28. The molecule has 0 atom stereocenters. The molecule has 0 saturated carbocycles. The van der Waals surface area contributed by atoms with E-state index in [0.29, 0.717) is 31.1 Å². The van der Waals surface area contributed by atoms with E-state index in [4.69, 9.17) is 0 Å². The highest BCUT2D eigenvalue weighted by molar-refractivity contribution is 7.17. The van der Waals surface area contributed by atoms with Crippen LogP contribution < -0.4 is 0 Å². The van der Waals surface area contributed by atoms with Gasteiger partial charge in [0.05, 0.1) is 11.3 Å². The summed E-state index contributed by atoms with van der Waals surface area (Å²) in [6, 6.07) is 12.2. The first-order valence-corrected chi connectivity index (χ1v) is 11.0. The third-order valence-corrected chi connectivity index (χ3v) is 6.74. The Morgan fingerprint density at radius 1 is 0.935 bits per heavy atom. The van der Waals surface area contributed by atoms with Crippen molar-refractivity contribution in [2.24, 2.45) is 0 Å². The molecule has 160 valence electrons. The monoisotopic (exact) mass is 437 g/mol. The summed E-state index contributed by atoms with van der Waals surface area (Å²) in [5.74, 6) is -0.925. The van der Waals surface area contributed by atoms with Gasteiger partial charge in [0.25, 0.3) is 11.8 Å². The molecule has 0 bridgehead atoms. The van der Waals surface area contributed by atoms with Crippen LogP contribution >= 0.6 is 11.3 Å². The Kier molecular flexibility index (Phi) is 5.87. The van der Waals surface area contributed by atoms with Gasteiger partial charge in [0.2, 0.25) is 0 Å². The zero-order valence-corrected chi connectivity index (χ0v) is 18.6. The molecule has 4 rings (SSSR count). The van der Waals surface area contributed by atoms with E-state index >= 15 is 0 Å². The molecule has 1 fully saturated rings. The normalized spacial score (nSPS) is 14.1. The molecule has 3 aromatic rings. The third kappa shape index (κ3) is 4.23. The molecule has 7 heteroatoms. The van der Waals surface area contributed by atoms with Gasteiger partial charge < -0.3 is 9.80 Å². The fourth-order valence-corrected chi connectivity index (χ4v) is 4.95. The van der Waals surface area contributed by atoms with Crippen LogP contribution in [-0.2, 0) is 0 Å². The molecule has 1 aromatic heterocycles. The minimum absolute atomic E-state index is 0.0657. The molecule has 1 saturated heterocycles. The number of carbonyl (C=O) groups excluding carboxylic acids is 2. The standard InChI is InChI=1S/C24H24FN3O2S/c1-15-8-9-18(16(2)14-15)22-26-17(3)21(31-22)24(30)28-12-10-27(11-13-28)23(29)19-6-4-5-7-20(19)25/h4-9,14H,10-13H2,1-3H3. The van der Waals surface area contributed by atoms with Crippen LogP contribution in [0.4, 0.5) is 4.39 Å². The highest BCUT2D eigenvalue weighted by atomic mass is 32.1. The number of hydrogen-bond acceptors (Lipinski definition) is 4. The molecule has 0 N–H and O–H groups in total. The largest absolute Gasteiger partial charge is 0.335 e. The topological polar surface area (TPSA) is 53.5 Å². The fraction of sp³-hybridized carbons (Fsp3) is 0.292. The van der Waals surface area contributed by atoms with E-state index in [1.54, 1.807) is 21.9 Å². The Bertz CT molecular complexity index is 1150. The van der Waals surface area contributed by atoms with Gasteiger partial charge in [-0.2, -0.15) is 0 Å². The van der Waals surface area contributed by atoms with Gasteiger partial charge >= 0.3 is 0 Å². The van der Waals surface area contributed by atoms with Gasteiger partial charge in [-0.3, -0.25) is 9.59 Å². The maximum absolute atomic E-state index is 13.9. The lowest BCUT2D eigenvalue weighted by Gasteiger charge is -2.34. The van der Waals surface area contributed by atoms with E-state index in [-0.39, 0.29) is 17.4 Å². The highest BCUT2D eigenvalue weighted by Crippen LogP contribution is 2.31. The van der Waals surface area contributed by atoms with E-state index in [2.05, 4.69) is 18.0 Å². The Morgan fingerprint density at radius 2 is 1.58 bits per heavy atom. The van der Waals surface area contributed by atoms with Crippen LogP contribution in [0.1, 0.15) is 36.9 Å². The molecule has 0 radical (unpaired) electrons. The molecular formula is C24H24FN3O2S. The van der Waals surface area contributed by atoms with Crippen LogP contribution in [0.3, 0.4) is 0 Å². The van der Waals surface area contributed by atoms with Crippen LogP contribution in [0.15, 0.2) is 42.5 Å². The second kappa shape index (κ2) is 8.59. The summed E-state index contributed by atoms with van der Waals surface area (Å²) in [6.07, 6.45) is 0. The molecule has 0 aliphatic carbocycles. The fourth-order valence-electron chi connectivity index (χ4n) is 3.82. The molecule has 2 aromatic carbocycles. The molecule has 0 unspecified atom stereocenters. The summed E-state index contributed by atoms with van der Waals surface area (Å²) in [4.78, 5) is 34.4. The Balaban J connectivity index is 1.46. The third-order valence-electron chi connectivity index (χ3n) is 5.56. The van der Waals surface area contributed by atoms with Crippen molar-refractivity contribution < 1.29 is 14.0 Å². The number of thiazole rings is 1. The minimum Gasteiger partial charge on any atom is -0.335 e. The number of nitrogens with zero attached hydrogens (tertiary/aromatic N) is 3. The number of hydrogen-bond donors (Lipinski definition) is 0. The van der Waals surface area contributed by atoms with Crippen molar-refractivity contribution in [3.05, 3.63) is 75.5 Å². The van der Waals surface area contributed by atoms with E-state index in [9.17, 15) is 14.0 Å². The van der Waals surface area contributed by atoms with Gasteiger partial charge in [0.1, 0.15) is 15.7 Å². The average molecular weight is 438 g/mol. The van der Waals surface area contributed by atoms with Crippen LogP contribution in [0.25, 0.3) is 10.6 Å². The quantitative estimate of drug-likeness (QED) is 0.607. The lowest BCUT2D eigenvalue weighted by atomic mass is 10.1. The van der Waals surface area contributed by atoms with Crippen LogP contribution in [0.5, 0.6) is 0 Å². The number of rotatable bonds is 3. The molecule has 1 aliphatic rings. The lowest BCUT2D eigenvalue weighted by molar-refractivity contribution is 0.0535. The van der Waals surface area contributed by atoms with Gasteiger partial charge in [-0.15, -0.1) is 11.3 Å².